The van der Waals surface area contributed by atoms with E-state index in [1.807, 2.05) is 4.90 Å². The number of carbonyl (C=O) groups is 1. The fraction of sp³-hybridized carbons (Fsp3) is 0.571. The lowest BCUT2D eigenvalue weighted by molar-refractivity contribution is -0.143. The van der Waals surface area contributed by atoms with Crippen LogP contribution in [0.4, 0.5) is 10.2 Å². The van der Waals surface area contributed by atoms with Crippen molar-refractivity contribution in [1.29, 1.82) is 0 Å². The number of likely N-dealkylation sites (tertiary alicyclic amines) is 1. The third kappa shape index (κ3) is 5.65. The molecule has 7 nitrogen and oxygen atoms in total. The topological polar surface area (TPSA) is 83.9 Å². The molecule has 2 N–H and O–H groups in total. The van der Waals surface area contributed by atoms with Crippen molar-refractivity contribution < 1.29 is 23.8 Å². The summed E-state index contributed by atoms with van der Waals surface area (Å²) in [5.41, 5.74) is 3.74. The molecular formula is C28H36FN3O4. The minimum atomic E-state index is -0.964. The van der Waals surface area contributed by atoms with Crippen molar-refractivity contribution >= 4 is 11.8 Å². The maximum absolute atomic E-state index is 14.4. The Morgan fingerprint density at radius 2 is 2.25 bits per heavy atom. The number of aliphatic carboxylic acids is 1. The third-order valence-electron chi connectivity index (χ3n) is 7.49. The van der Waals surface area contributed by atoms with E-state index in [0.29, 0.717) is 44.0 Å². The van der Waals surface area contributed by atoms with Gasteiger partial charge in [-0.2, -0.15) is 0 Å². The van der Waals surface area contributed by atoms with Crippen molar-refractivity contribution in [3.8, 4) is 5.75 Å². The number of aromatic nitrogens is 1. The summed E-state index contributed by atoms with van der Waals surface area (Å²) < 4.78 is 26.2. The number of carboxylic acids is 1. The van der Waals surface area contributed by atoms with Crippen LogP contribution in [0.15, 0.2) is 24.3 Å². The Hall–Kier alpha value is -2.71. The van der Waals surface area contributed by atoms with Crippen LogP contribution in [0.2, 0.25) is 0 Å². The molecule has 8 heteroatoms. The van der Waals surface area contributed by atoms with Crippen LogP contribution < -0.4 is 10.1 Å². The van der Waals surface area contributed by atoms with Crippen LogP contribution in [-0.4, -0.2) is 59.9 Å². The smallest absolute Gasteiger partial charge is 0.325 e. The van der Waals surface area contributed by atoms with E-state index in [1.54, 1.807) is 0 Å². The number of ether oxygens (including phenoxy) is 2. The largest absolute Gasteiger partial charge is 0.493 e. The molecule has 0 unspecified atom stereocenters. The first-order valence-electron chi connectivity index (χ1n) is 13.2. The first-order chi connectivity index (χ1) is 17.5. The summed E-state index contributed by atoms with van der Waals surface area (Å²) in [4.78, 5) is 19.0. The van der Waals surface area contributed by atoms with E-state index in [1.165, 1.54) is 17.7 Å². The van der Waals surface area contributed by atoms with Crippen LogP contribution >= 0.6 is 0 Å². The van der Waals surface area contributed by atoms with E-state index in [-0.39, 0.29) is 12.0 Å². The molecule has 1 fully saturated rings. The van der Waals surface area contributed by atoms with Crippen LogP contribution in [0.25, 0.3) is 0 Å². The van der Waals surface area contributed by atoms with Gasteiger partial charge in [-0.25, -0.2) is 9.37 Å². The van der Waals surface area contributed by atoms with E-state index in [4.69, 9.17) is 14.5 Å². The molecule has 0 saturated carbocycles. The summed E-state index contributed by atoms with van der Waals surface area (Å²) in [6.07, 6.45) is 6.54. The molecule has 3 atom stereocenters. The highest BCUT2D eigenvalue weighted by molar-refractivity contribution is 5.77. The lowest BCUT2D eigenvalue weighted by atomic mass is 9.90. The number of hydrogen-bond donors (Lipinski definition) is 2. The van der Waals surface area contributed by atoms with Gasteiger partial charge in [-0.15, -0.1) is 0 Å². The van der Waals surface area contributed by atoms with Crippen LogP contribution in [0.1, 0.15) is 61.0 Å². The number of rotatable bonds is 9. The van der Waals surface area contributed by atoms with Gasteiger partial charge < -0.3 is 19.9 Å². The molecule has 36 heavy (non-hydrogen) atoms. The third-order valence-corrected chi connectivity index (χ3v) is 7.49. The highest BCUT2D eigenvalue weighted by Crippen LogP contribution is 2.37. The van der Waals surface area contributed by atoms with E-state index < -0.39 is 17.8 Å². The number of halogens is 1. The Labute approximate surface area is 212 Å². The quantitative estimate of drug-likeness (QED) is 0.497. The van der Waals surface area contributed by atoms with Crippen molar-refractivity contribution in [3.05, 3.63) is 52.5 Å². The molecular weight excluding hydrogens is 461 g/mol. The predicted molar refractivity (Wildman–Crippen MR) is 135 cm³/mol. The number of fused-ring (bicyclic) bond motifs is 2. The molecule has 1 aromatic heterocycles. The molecule has 2 aromatic rings. The van der Waals surface area contributed by atoms with Gasteiger partial charge >= 0.3 is 5.97 Å². The molecule has 1 saturated heterocycles. The zero-order chi connectivity index (χ0) is 25.1. The number of benzene rings is 1. The highest BCUT2D eigenvalue weighted by Gasteiger charge is 2.37. The summed E-state index contributed by atoms with van der Waals surface area (Å²) in [5.74, 6) is 0.355. The number of nitrogens with one attached hydrogen (secondary N) is 1. The SMILES string of the molecule is C[C@H]1COc2cc(F)cc([C@@H](C(=O)O)N3CC[C@@H](OCCCCc4ccc5c(n4)NCCC5)C3)c2C1. The van der Waals surface area contributed by atoms with Gasteiger partial charge in [-0.05, 0) is 74.1 Å². The minimum Gasteiger partial charge on any atom is -0.493 e. The summed E-state index contributed by atoms with van der Waals surface area (Å²) in [5, 5.41) is 13.5. The molecule has 3 aliphatic heterocycles. The number of anilines is 1. The lowest BCUT2D eigenvalue weighted by Gasteiger charge is -2.30. The maximum atomic E-state index is 14.4. The number of nitrogens with zero attached hydrogens (tertiary/aromatic N) is 2. The summed E-state index contributed by atoms with van der Waals surface area (Å²) >= 11 is 0. The first kappa shape index (κ1) is 25.0. The van der Waals surface area contributed by atoms with Gasteiger partial charge in [0, 0.05) is 43.6 Å². The fourth-order valence-electron chi connectivity index (χ4n) is 5.64. The normalized spacial score (nSPS) is 22.3. The van der Waals surface area contributed by atoms with Crippen LogP contribution in [0.3, 0.4) is 0 Å². The average molecular weight is 498 g/mol. The van der Waals surface area contributed by atoms with Gasteiger partial charge in [0.2, 0.25) is 0 Å². The van der Waals surface area contributed by atoms with Gasteiger partial charge in [-0.3, -0.25) is 9.69 Å². The molecule has 0 aliphatic carbocycles. The van der Waals surface area contributed by atoms with Crippen molar-refractivity contribution in [2.75, 3.05) is 38.2 Å². The number of carboxylic acid groups (broad SMARTS) is 1. The van der Waals surface area contributed by atoms with Gasteiger partial charge in [0.25, 0.3) is 0 Å². The molecule has 194 valence electrons. The van der Waals surface area contributed by atoms with E-state index >= 15 is 0 Å². The number of hydrogen-bond acceptors (Lipinski definition) is 6. The molecule has 3 aliphatic rings. The standard InChI is InChI=1S/C28H36FN3O4/c1-18-13-23-24(14-20(29)15-25(23)36-17-18)26(28(33)34)32-11-9-22(16-32)35-12-3-2-6-21-8-7-19-5-4-10-30-27(19)31-21/h7-8,14-15,18,22,26H,2-6,9-13,16-17H2,1H3,(H,30,31)(H,33,34)/t18-,22-,26+/m1/s1. The Bertz CT molecular complexity index is 1090. The van der Waals surface area contributed by atoms with E-state index in [0.717, 1.165) is 62.1 Å². The fourth-order valence-corrected chi connectivity index (χ4v) is 5.64. The maximum Gasteiger partial charge on any atom is 0.325 e. The van der Waals surface area contributed by atoms with Gasteiger partial charge in [-0.1, -0.05) is 13.0 Å². The Morgan fingerprint density at radius 3 is 3.11 bits per heavy atom. The highest BCUT2D eigenvalue weighted by atomic mass is 19.1. The van der Waals surface area contributed by atoms with E-state index in [2.05, 4.69) is 24.4 Å². The molecule has 0 bridgehead atoms. The molecule has 0 amide bonds. The van der Waals surface area contributed by atoms with E-state index in [9.17, 15) is 14.3 Å². The Balaban J connectivity index is 1.13. The zero-order valence-electron chi connectivity index (χ0n) is 21.0. The molecule has 5 rings (SSSR count). The first-order valence-corrected chi connectivity index (χ1v) is 13.2. The second-order valence-electron chi connectivity index (χ2n) is 10.4. The van der Waals surface area contributed by atoms with Crippen molar-refractivity contribution in [3.63, 3.8) is 0 Å². The van der Waals surface area contributed by atoms with Crippen LogP contribution in [0.5, 0.6) is 5.75 Å². The average Bonchev–Trinajstić information content (AvgIpc) is 3.32. The van der Waals surface area contributed by atoms with Crippen molar-refractivity contribution in [2.45, 2.75) is 64.0 Å². The summed E-state index contributed by atoms with van der Waals surface area (Å²) in [7, 11) is 0. The second-order valence-corrected chi connectivity index (χ2v) is 10.4. The van der Waals surface area contributed by atoms with Gasteiger partial charge in [0.15, 0.2) is 0 Å². The molecule has 4 heterocycles. The van der Waals surface area contributed by atoms with Crippen molar-refractivity contribution in [1.82, 2.24) is 9.88 Å². The Morgan fingerprint density at radius 1 is 1.36 bits per heavy atom. The number of unbranched alkanes of at least 4 members (excludes halogenated alkanes) is 1. The zero-order valence-corrected chi connectivity index (χ0v) is 21.0. The lowest BCUT2D eigenvalue weighted by Crippen LogP contribution is -2.35. The summed E-state index contributed by atoms with van der Waals surface area (Å²) in [6, 6.07) is 6.16. The predicted octanol–water partition coefficient (Wildman–Crippen LogP) is 4.39. The Kier molecular flexibility index (Phi) is 7.72. The van der Waals surface area contributed by atoms with Gasteiger partial charge in [0.1, 0.15) is 23.4 Å². The van der Waals surface area contributed by atoms with Gasteiger partial charge in [0.05, 0.1) is 12.7 Å². The monoisotopic (exact) mass is 497 g/mol. The number of aryl methyl sites for hydroxylation is 2. The minimum absolute atomic E-state index is 0.0162. The molecule has 0 spiro atoms. The van der Waals surface area contributed by atoms with Crippen LogP contribution in [-0.2, 0) is 28.8 Å². The van der Waals surface area contributed by atoms with Crippen molar-refractivity contribution in [2.24, 2.45) is 5.92 Å². The molecule has 0 radical (unpaired) electrons. The number of pyridine rings is 1. The van der Waals surface area contributed by atoms with Crippen LogP contribution in [0, 0.1) is 11.7 Å². The second kappa shape index (κ2) is 11.1. The summed E-state index contributed by atoms with van der Waals surface area (Å²) in [6.45, 7) is 5.34. The molecule has 1 aromatic carbocycles.